The summed E-state index contributed by atoms with van der Waals surface area (Å²) < 4.78 is 13.3. The van der Waals surface area contributed by atoms with Gasteiger partial charge in [0, 0.05) is 37.5 Å². The Kier molecular flexibility index (Phi) is 4.41. The molecular formula is C17H18FN3O2. The molecule has 2 aromatic rings. The minimum Gasteiger partial charge on any atom is -0.379 e. The van der Waals surface area contributed by atoms with Crippen molar-refractivity contribution < 1.29 is 9.31 Å². The number of nitro groups is 1. The Morgan fingerprint density at radius 3 is 2.78 bits per heavy atom. The van der Waals surface area contributed by atoms with Crippen molar-refractivity contribution in [1.29, 1.82) is 0 Å². The molecule has 1 fully saturated rings. The van der Waals surface area contributed by atoms with E-state index < -0.39 is 10.7 Å². The first kappa shape index (κ1) is 15.3. The minimum atomic E-state index is -0.493. The first-order valence-electron chi connectivity index (χ1n) is 7.61. The predicted molar refractivity (Wildman–Crippen MR) is 88.3 cm³/mol. The van der Waals surface area contributed by atoms with Crippen LogP contribution in [-0.2, 0) is 0 Å². The molecular weight excluding hydrogens is 297 g/mol. The lowest BCUT2D eigenvalue weighted by Crippen LogP contribution is -2.22. The molecule has 1 unspecified atom stereocenters. The average Bonchev–Trinajstić information content (AvgIpc) is 3.02. The number of hydrogen-bond acceptors (Lipinski definition) is 4. The van der Waals surface area contributed by atoms with E-state index in [1.54, 1.807) is 0 Å². The summed E-state index contributed by atoms with van der Waals surface area (Å²) in [5.74, 6) is -0.103. The molecule has 1 aliphatic rings. The summed E-state index contributed by atoms with van der Waals surface area (Å²) in [7, 11) is 0. The number of para-hydroxylation sites is 1. The maximum atomic E-state index is 13.3. The van der Waals surface area contributed by atoms with Gasteiger partial charge < -0.3 is 10.2 Å². The second-order valence-electron chi connectivity index (χ2n) is 5.74. The number of nitrogens with one attached hydrogen (secondary N) is 1. The van der Waals surface area contributed by atoms with E-state index in [0.717, 1.165) is 25.6 Å². The molecule has 5 nitrogen and oxygen atoms in total. The zero-order chi connectivity index (χ0) is 16.2. The smallest absolute Gasteiger partial charge is 0.292 e. The average molecular weight is 315 g/mol. The van der Waals surface area contributed by atoms with Gasteiger partial charge >= 0.3 is 0 Å². The van der Waals surface area contributed by atoms with Crippen LogP contribution in [0.4, 0.5) is 21.5 Å². The van der Waals surface area contributed by atoms with E-state index in [9.17, 15) is 14.5 Å². The summed E-state index contributed by atoms with van der Waals surface area (Å²) in [6.07, 6.45) is 1.00. The summed E-state index contributed by atoms with van der Waals surface area (Å²) in [6, 6.07) is 13.6. The molecule has 0 spiro atoms. The second kappa shape index (κ2) is 6.64. The summed E-state index contributed by atoms with van der Waals surface area (Å²) in [4.78, 5) is 12.8. The molecule has 1 aliphatic heterocycles. The quantitative estimate of drug-likeness (QED) is 0.675. The molecule has 0 bridgehead atoms. The van der Waals surface area contributed by atoms with Gasteiger partial charge in [-0.1, -0.05) is 18.2 Å². The van der Waals surface area contributed by atoms with Gasteiger partial charge in [0.05, 0.1) is 4.92 Å². The molecule has 0 saturated carbocycles. The van der Waals surface area contributed by atoms with E-state index in [0.29, 0.717) is 12.5 Å². The van der Waals surface area contributed by atoms with Crippen molar-refractivity contribution in [3.05, 3.63) is 64.5 Å². The van der Waals surface area contributed by atoms with Crippen LogP contribution in [0.1, 0.15) is 6.42 Å². The van der Waals surface area contributed by atoms with Crippen LogP contribution in [-0.4, -0.2) is 24.6 Å². The summed E-state index contributed by atoms with van der Waals surface area (Å²) in [6.45, 7) is 2.44. The fourth-order valence-electron chi connectivity index (χ4n) is 2.94. The third kappa shape index (κ3) is 3.59. The van der Waals surface area contributed by atoms with Crippen molar-refractivity contribution in [1.82, 2.24) is 0 Å². The third-order valence-corrected chi connectivity index (χ3v) is 4.14. The zero-order valence-electron chi connectivity index (χ0n) is 12.6. The lowest BCUT2D eigenvalue weighted by atomic mass is 10.1. The number of nitrogens with zero attached hydrogens (tertiary/aromatic N) is 2. The first-order chi connectivity index (χ1) is 11.1. The zero-order valence-corrected chi connectivity index (χ0v) is 12.6. The highest BCUT2D eigenvalue weighted by Crippen LogP contribution is 2.27. The molecule has 2 aromatic carbocycles. The molecule has 1 heterocycles. The van der Waals surface area contributed by atoms with Crippen LogP contribution < -0.4 is 10.2 Å². The SMILES string of the molecule is O=[N+]([O-])c1ccc(F)cc1NCC1CCN(c2ccccc2)C1. The second-order valence-corrected chi connectivity index (χ2v) is 5.74. The number of hydrogen-bond donors (Lipinski definition) is 1. The van der Waals surface area contributed by atoms with E-state index in [1.165, 1.54) is 17.8 Å². The summed E-state index contributed by atoms with van der Waals surface area (Å²) in [5.41, 5.74) is 1.34. The predicted octanol–water partition coefficient (Wildman–Crippen LogP) is 3.67. The molecule has 23 heavy (non-hydrogen) atoms. The third-order valence-electron chi connectivity index (χ3n) is 4.14. The highest BCUT2D eigenvalue weighted by Gasteiger charge is 2.23. The van der Waals surface area contributed by atoms with Crippen molar-refractivity contribution in [3.8, 4) is 0 Å². The van der Waals surface area contributed by atoms with Crippen molar-refractivity contribution in [2.75, 3.05) is 29.9 Å². The van der Waals surface area contributed by atoms with Gasteiger partial charge in [-0.3, -0.25) is 10.1 Å². The fraction of sp³-hybridized carbons (Fsp3) is 0.294. The molecule has 0 radical (unpaired) electrons. The molecule has 1 N–H and O–H groups in total. The van der Waals surface area contributed by atoms with Crippen LogP contribution in [0.3, 0.4) is 0 Å². The standard InChI is InChI=1S/C17H18FN3O2/c18-14-6-7-17(21(22)23)16(10-14)19-11-13-8-9-20(12-13)15-4-2-1-3-5-15/h1-7,10,13,19H,8-9,11-12H2. The maximum Gasteiger partial charge on any atom is 0.292 e. The summed E-state index contributed by atoms with van der Waals surface area (Å²) >= 11 is 0. The van der Waals surface area contributed by atoms with E-state index >= 15 is 0 Å². The van der Waals surface area contributed by atoms with Gasteiger partial charge in [-0.15, -0.1) is 0 Å². The van der Waals surface area contributed by atoms with Gasteiger partial charge in [0.1, 0.15) is 11.5 Å². The molecule has 3 rings (SSSR count). The van der Waals surface area contributed by atoms with Gasteiger partial charge in [0.2, 0.25) is 0 Å². The van der Waals surface area contributed by atoms with Crippen LogP contribution in [0.15, 0.2) is 48.5 Å². The van der Waals surface area contributed by atoms with Gasteiger partial charge in [0.15, 0.2) is 0 Å². The Morgan fingerprint density at radius 2 is 2.04 bits per heavy atom. The number of anilines is 2. The van der Waals surface area contributed by atoms with Crippen molar-refractivity contribution in [3.63, 3.8) is 0 Å². The lowest BCUT2D eigenvalue weighted by molar-refractivity contribution is -0.384. The largest absolute Gasteiger partial charge is 0.379 e. The van der Waals surface area contributed by atoms with Gasteiger partial charge in [-0.25, -0.2) is 4.39 Å². The molecule has 6 heteroatoms. The molecule has 0 aromatic heterocycles. The van der Waals surface area contributed by atoms with Gasteiger partial charge in [-0.05, 0) is 30.5 Å². The monoisotopic (exact) mass is 315 g/mol. The first-order valence-corrected chi connectivity index (χ1v) is 7.61. The van der Waals surface area contributed by atoms with E-state index in [1.807, 2.05) is 18.2 Å². The Hall–Kier alpha value is -2.63. The fourth-order valence-corrected chi connectivity index (χ4v) is 2.94. The topological polar surface area (TPSA) is 58.4 Å². The van der Waals surface area contributed by atoms with E-state index in [-0.39, 0.29) is 11.4 Å². The minimum absolute atomic E-state index is 0.0932. The van der Waals surface area contributed by atoms with Crippen LogP contribution in [0.5, 0.6) is 0 Å². The van der Waals surface area contributed by atoms with Crippen molar-refractivity contribution in [2.45, 2.75) is 6.42 Å². The number of benzene rings is 2. The molecule has 1 saturated heterocycles. The molecule has 120 valence electrons. The van der Waals surface area contributed by atoms with Crippen LogP contribution in [0.2, 0.25) is 0 Å². The van der Waals surface area contributed by atoms with Gasteiger partial charge in [-0.2, -0.15) is 0 Å². The van der Waals surface area contributed by atoms with Crippen LogP contribution in [0, 0.1) is 21.8 Å². The number of halogens is 1. The van der Waals surface area contributed by atoms with Crippen molar-refractivity contribution >= 4 is 17.1 Å². The highest BCUT2D eigenvalue weighted by molar-refractivity contribution is 5.61. The Labute approximate surface area is 133 Å². The van der Waals surface area contributed by atoms with Crippen LogP contribution in [0.25, 0.3) is 0 Å². The molecule has 0 aliphatic carbocycles. The Balaban J connectivity index is 1.62. The Bertz CT molecular complexity index is 693. The number of nitro benzene ring substituents is 1. The molecule has 1 atom stereocenters. The van der Waals surface area contributed by atoms with Gasteiger partial charge in [0.25, 0.3) is 5.69 Å². The van der Waals surface area contributed by atoms with E-state index in [2.05, 4.69) is 22.3 Å². The molecule has 0 amide bonds. The highest BCUT2D eigenvalue weighted by atomic mass is 19.1. The van der Waals surface area contributed by atoms with E-state index in [4.69, 9.17) is 0 Å². The normalized spacial score (nSPS) is 17.3. The van der Waals surface area contributed by atoms with Crippen LogP contribution >= 0.6 is 0 Å². The maximum absolute atomic E-state index is 13.3. The Morgan fingerprint density at radius 1 is 1.26 bits per heavy atom. The summed E-state index contributed by atoms with van der Waals surface area (Å²) in [5, 5.41) is 14.0. The van der Waals surface area contributed by atoms with Crippen molar-refractivity contribution in [2.24, 2.45) is 5.92 Å². The lowest BCUT2D eigenvalue weighted by Gasteiger charge is -2.19. The number of rotatable bonds is 5.